The Morgan fingerprint density at radius 1 is 1.57 bits per heavy atom. The van der Waals surface area contributed by atoms with Gasteiger partial charge in [0.2, 0.25) is 0 Å². The molecule has 114 valence electrons. The molecule has 0 aliphatic carbocycles. The minimum atomic E-state index is -0.105. The lowest BCUT2D eigenvalue weighted by molar-refractivity contribution is 0.0724. The summed E-state index contributed by atoms with van der Waals surface area (Å²) < 4.78 is 6.94. The molecule has 2 rings (SSSR count). The molecule has 2 heterocycles. The van der Waals surface area contributed by atoms with Gasteiger partial charge in [-0.2, -0.15) is 5.10 Å². The Bertz CT molecular complexity index is 592. The molecule has 2 aromatic heterocycles. The van der Waals surface area contributed by atoms with Crippen LogP contribution in [0.4, 0.5) is 0 Å². The minimum absolute atomic E-state index is 0.0823. The standard InChI is InChI=1S/C15H20ClN3O2/c1-4-19-14(13(16)10-17-19)15(20)18(3)11(2)7-8-12-6-5-9-21-12/h5-6,9-11H,4,7-8H2,1-3H3. The topological polar surface area (TPSA) is 51.3 Å². The van der Waals surface area contributed by atoms with E-state index < -0.39 is 0 Å². The van der Waals surface area contributed by atoms with Crippen LogP contribution < -0.4 is 0 Å². The third-order valence-corrected chi connectivity index (χ3v) is 3.94. The fraction of sp³-hybridized carbons (Fsp3) is 0.467. The Morgan fingerprint density at radius 2 is 2.33 bits per heavy atom. The molecule has 21 heavy (non-hydrogen) atoms. The molecule has 5 nitrogen and oxygen atoms in total. The molecule has 0 radical (unpaired) electrons. The molecular formula is C15H20ClN3O2. The summed E-state index contributed by atoms with van der Waals surface area (Å²) in [5, 5.41) is 4.50. The highest BCUT2D eigenvalue weighted by Crippen LogP contribution is 2.19. The number of carbonyl (C=O) groups excluding carboxylic acids is 1. The molecule has 0 fully saturated rings. The zero-order valence-corrected chi connectivity index (χ0v) is 13.3. The molecule has 0 aliphatic heterocycles. The fourth-order valence-corrected chi connectivity index (χ4v) is 2.40. The minimum Gasteiger partial charge on any atom is -0.469 e. The maximum absolute atomic E-state index is 12.6. The number of rotatable bonds is 6. The Balaban J connectivity index is 2.02. The summed E-state index contributed by atoms with van der Waals surface area (Å²) in [7, 11) is 1.79. The molecule has 0 bridgehead atoms. The maximum Gasteiger partial charge on any atom is 0.273 e. The largest absolute Gasteiger partial charge is 0.469 e. The molecule has 2 aromatic rings. The van der Waals surface area contributed by atoms with Crippen LogP contribution in [0, 0.1) is 0 Å². The van der Waals surface area contributed by atoms with E-state index >= 15 is 0 Å². The molecule has 0 spiro atoms. The number of nitrogens with zero attached hydrogens (tertiary/aromatic N) is 3. The molecule has 6 heteroatoms. The zero-order valence-electron chi connectivity index (χ0n) is 12.5. The Labute approximate surface area is 129 Å². The molecular weight excluding hydrogens is 290 g/mol. The number of halogens is 1. The predicted octanol–water partition coefficient (Wildman–Crippen LogP) is 3.24. The summed E-state index contributed by atoms with van der Waals surface area (Å²) in [5.41, 5.74) is 0.450. The highest BCUT2D eigenvalue weighted by molar-refractivity contribution is 6.33. The van der Waals surface area contributed by atoms with E-state index in [4.69, 9.17) is 16.0 Å². The van der Waals surface area contributed by atoms with Gasteiger partial charge in [-0.1, -0.05) is 11.6 Å². The van der Waals surface area contributed by atoms with Crippen molar-refractivity contribution in [2.75, 3.05) is 7.05 Å². The third kappa shape index (κ3) is 3.47. The van der Waals surface area contributed by atoms with Crippen LogP contribution in [-0.2, 0) is 13.0 Å². The van der Waals surface area contributed by atoms with Crippen LogP contribution in [0.2, 0.25) is 5.02 Å². The first kappa shape index (κ1) is 15.6. The predicted molar refractivity (Wildman–Crippen MR) is 81.5 cm³/mol. The lowest BCUT2D eigenvalue weighted by Gasteiger charge is -2.25. The molecule has 0 saturated heterocycles. The van der Waals surface area contributed by atoms with E-state index in [0.29, 0.717) is 17.3 Å². The maximum atomic E-state index is 12.6. The normalized spacial score (nSPS) is 12.4. The number of aryl methyl sites for hydroxylation is 2. The summed E-state index contributed by atoms with van der Waals surface area (Å²) in [6.45, 7) is 4.56. The number of amides is 1. The van der Waals surface area contributed by atoms with Gasteiger partial charge >= 0.3 is 0 Å². The van der Waals surface area contributed by atoms with Crippen molar-refractivity contribution in [1.29, 1.82) is 0 Å². The lowest BCUT2D eigenvalue weighted by atomic mass is 10.1. The average Bonchev–Trinajstić information content (AvgIpc) is 3.12. The van der Waals surface area contributed by atoms with Crippen molar-refractivity contribution in [1.82, 2.24) is 14.7 Å². The summed E-state index contributed by atoms with van der Waals surface area (Å²) in [6, 6.07) is 3.89. The highest BCUT2D eigenvalue weighted by Gasteiger charge is 2.23. The van der Waals surface area contributed by atoms with E-state index in [1.165, 1.54) is 6.20 Å². The van der Waals surface area contributed by atoms with Crippen molar-refractivity contribution >= 4 is 17.5 Å². The van der Waals surface area contributed by atoms with Crippen molar-refractivity contribution in [2.24, 2.45) is 0 Å². The Morgan fingerprint density at radius 3 is 2.95 bits per heavy atom. The first-order valence-electron chi connectivity index (χ1n) is 7.05. The molecule has 0 aromatic carbocycles. The second-order valence-electron chi connectivity index (χ2n) is 5.04. The molecule has 1 amide bonds. The smallest absolute Gasteiger partial charge is 0.273 e. The van der Waals surface area contributed by atoms with Gasteiger partial charge < -0.3 is 9.32 Å². The van der Waals surface area contributed by atoms with Crippen LogP contribution in [0.15, 0.2) is 29.0 Å². The highest BCUT2D eigenvalue weighted by atomic mass is 35.5. The van der Waals surface area contributed by atoms with E-state index in [-0.39, 0.29) is 11.9 Å². The van der Waals surface area contributed by atoms with Gasteiger partial charge in [0.1, 0.15) is 11.5 Å². The average molecular weight is 310 g/mol. The molecule has 0 N–H and O–H groups in total. The van der Waals surface area contributed by atoms with Gasteiger partial charge in [0, 0.05) is 26.1 Å². The quantitative estimate of drug-likeness (QED) is 0.823. The summed E-state index contributed by atoms with van der Waals surface area (Å²) in [6.07, 6.45) is 4.80. The van der Waals surface area contributed by atoms with Crippen LogP contribution >= 0.6 is 11.6 Å². The lowest BCUT2D eigenvalue weighted by Crippen LogP contribution is -2.36. The van der Waals surface area contributed by atoms with Crippen LogP contribution in [0.3, 0.4) is 0 Å². The van der Waals surface area contributed by atoms with Crippen molar-refractivity contribution in [2.45, 2.75) is 39.3 Å². The third-order valence-electron chi connectivity index (χ3n) is 3.67. The van der Waals surface area contributed by atoms with Gasteiger partial charge in [-0.3, -0.25) is 9.48 Å². The van der Waals surface area contributed by atoms with Crippen molar-refractivity contribution in [3.8, 4) is 0 Å². The fourth-order valence-electron chi connectivity index (χ4n) is 2.18. The second-order valence-corrected chi connectivity index (χ2v) is 5.45. The number of hydrogen-bond donors (Lipinski definition) is 0. The van der Waals surface area contributed by atoms with Crippen LogP contribution in [0.5, 0.6) is 0 Å². The second kappa shape index (κ2) is 6.80. The number of aromatic nitrogens is 2. The zero-order chi connectivity index (χ0) is 15.4. The van der Waals surface area contributed by atoms with Gasteiger partial charge in [0.25, 0.3) is 5.91 Å². The van der Waals surface area contributed by atoms with Gasteiger partial charge in [-0.15, -0.1) is 0 Å². The monoisotopic (exact) mass is 309 g/mol. The molecule has 1 unspecified atom stereocenters. The molecule has 1 atom stereocenters. The van der Waals surface area contributed by atoms with Gasteiger partial charge in [0.05, 0.1) is 17.5 Å². The van der Waals surface area contributed by atoms with E-state index in [1.54, 1.807) is 22.9 Å². The van der Waals surface area contributed by atoms with Gasteiger partial charge in [-0.05, 0) is 32.4 Å². The van der Waals surface area contributed by atoms with Crippen LogP contribution in [-0.4, -0.2) is 33.7 Å². The van der Waals surface area contributed by atoms with Crippen molar-refractivity contribution in [3.63, 3.8) is 0 Å². The number of furan rings is 1. The van der Waals surface area contributed by atoms with E-state index in [1.807, 2.05) is 26.0 Å². The van der Waals surface area contributed by atoms with E-state index in [9.17, 15) is 4.79 Å². The number of carbonyl (C=O) groups is 1. The molecule has 0 aliphatic rings. The van der Waals surface area contributed by atoms with Crippen LogP contribution in [0.1, 0.15) is 36.5 Å². The summed E-state index contributed by atoms with van der Waals surface area (Å²) >= 11 is 6.08. The van der Waals surface area contributed by atoms with E-state index in [0.717, 1.165) is 18.6 Å². The van der Waals surface area contributed by atoms with Gasteiger partial charge in [-0.25, -0.2) is 0 Å². The van der Waals surface area contributed by atoms with E-state index in [2.05, 4.69) is 5.10 Å². The SMILES string of the molecule is CCn1ncc(Cl)c1C(=O)N(C)C(C)CCc1ccco1. The summed E-state index contributed by atoms with van der Waals surface area (Å²) in [5.74, 6) is 0.825. The Kier molecular flexibility index (Phi) is 5.07. The first-order chi connectivity index (χ1) is 10.0. The summed E-state index contributed by atoms with van der Waals surface area (Å²) in [4.78, 5) is 14.3. The Hall–Kier alpha value is -1.75. The van der Waals surface area contributed by atoms with Gasteiger partial charge in [0.15, 0.2) is 0 Å². The molecule has 0 saturated carbocycles. The first-order valence-corrected chi connectivity index (χ1v) is 7.43. The number of hydrogen-bond acceptors (Lipinski definition) is 3. The van der Waals surface area contributed by atoms with Crippen LogP contribution in [0.25, 0.3) is 0 Å². The van der Waals surface area contributed by atoms with Crippen molar-refractivity contribution < 1.29 is 9.21 Å². The van der Waals surface area contributed by atoms with Crippen molar-refractivity contribution in [3.05, 3.63) is 41.1 Å².